The van der Waals surface area contributed by atoms with Gasteiger partial charge in [0.2, 0.25) is 5.89 Å². The van der Waals surface area contributed by atoms with Crippen LogP contribution in [-0.4, -0.2) is 22.3 Å². The Morgan fingerprint density at radius 1 is 1.09 bits per heavy atom. The fraction of sp³-hybridized carbons (Fsp3) is 0.273. The van der Waals surface area contributed by atoms with Crippen LogP contribution in [0, 0.1) is 11.6 Å². The molecule has 0 aliphatic heterocycles. The molecule has 0 fully saturated rings. The summed E-state index contributed by atoms with van der Waals surface area (Å²) in [5, 5.41) is 2.57. The van der Waals surface area contributed by atoms with Crippen LogP contribution in [0.2, 0.25) is 0 Å². The second-order valence-electron chi connectivity index (χ2n) is 7.06. The molecule has 1 aromatic heterocycles. The Labute approximate surface area is 180 Å². The van der Waals surface area contributed by atoms with Crippen molar-refractivity contribution in [2.24, 2.45) is 0 Å². The molecular weight excluding hydrogens is 433 g/mol. The molecule has 32 heavy (non-hydrogen) atoms. The summed E-state index contributed by atoms with van der Waals surface area (Å²) in [7, 11) is 0. The highest BCUT2D eigenvalue weighted by molar-refractivity contribution is 5.91. The van der Waals surface area contributed by atoms with Gasteiger partial charge in [-0.05, 0) is 24.6 Å². The molecule has 3 aromatic rings. The third-order valence-electron chi connectivity index (χ3n) is 4.55. The van der Waals surface area contributed by atoms with Crippen molar-refractivity contribution in [3.8, 4) is 0 Å². The summed E-state index contributed by atoms with van der Waals surface area (Å²) in [4.78, 5) is 17.6. The van der Waals surface area contributed by atoms with Crippen molar-refractivity contribution < 1.29 is 31.2 Å². The third-order valence-corrected chi connectivity index (χ3v) is 4.55. The molecule has 170 valence electrons. The molecule has 0 aliphatic rings. The number of hydrogen-bond acceptors (Lipinski definition) is 4. The molecule has 0 bridgehead atoms. The molecule has 1 heterocycles. The van der Waals surface area contributed by atoms with Crippen molar-refractivity contribution in [2.45, 2.75) is 32.7 Å². The van der Waals surface area contributed by atoms with Crippen molar-refractivity contribution in [1.82, 2.24) is 15.2 Å². The van der Waals surface area contributed by atoms with Gasteiger partial charge in [-0.3, -0.25) is 9.69 Å². The number of carbonyl (C=O) groups excluding carboxylic acids is 1. The van der Waals surface area contributed by atoms with Crippen LogP contribution >= 0.6 is 0 Å². The number of carbonyl (C=O) groups is 1. The predicted octanol–water partition coefficient (Wildman–Crippen LogP) is 4.92. The van der Waals surface area contributed by atoms with E-state index >= 15 is 0 Å². The van der Waals surface area contributed by atoms with Crippen molar-refractivity contribution in [2.75, 3.05) is 6.54 Å². The standard InChI is InChI=1S/C22H20F5N3O2/c1-2-28-21(31)19-13-32-20(29-19)12-30(11-15-6-7-17(23)9-18(15)24)10-14-4-3-5-16(8-14)22(25,26)27/h3-9,13H,2,10-12H2,1H3,(H,28,31). The molecule has 5 nitrogen and oxygen atoms in total. The highest BCUT2D eigenvalue weighted by atomic mass is 19.4. The maximum atomic E-state index is 14.2. The largest absolute Gasteiger partial charge is 0.447 e. The number of nitrogens with one attached hydrogen (secondary N) is 1. The summed E-state index contributed by atoms with van der Waals surface area (Å²) >= 11 is 0. The summed E-state index contributed by atoms with van der Waals surface area (Å²) in [6, 6.07) is 7.85. The topological polar surface area (TPSA) is 58.4 Å². The maximum absolute atomic E-state index is 14.2. The lowest BCUT2D eigenvalue weighted by Crippen LogP contribution is -2.24. The minimum atomic E-state index is -4.51. The highest BCUT2D eigenvalue weighted by Crippen LogP contribution is 2.30. The van der Waals surface area contributed by atoms with Gasteiger partial charge in [0.1, 0.15) is 17.9 Å². The lowest BCUT2D eigenvalue weighted by atomic mass is 10.1. The van der Waals surface area contributed by atoms with Crippen molar-refractivity contribution >= 4 is 5.91 Å². The monoisotopic (exact) mass is 453 g/mol. The molecule has 1 N–H and O–H groups in total. The normalized spacial score (nSPS) is 11.7. The van der Waals surface area contributed by atoms with E-state index in [4.69, 9.17) is 4.42 Å². The Morgan fingerprint density at radius 2 is 1.88 bits per heavy atom. The molecule has 0 saturated carbocycles. The molecule has 10 heteroatoms. The van der Waals surface area contributed by atoms with Crippen LogP contribution in [0.3, 0.4) is 0 Å². The lowest BCUT2D eigenvalue weighted by molar-refractivity contribution is -0.137. The van der Waals surface area contributed by atoms with Gasteiger partial charge >= 0.3 is 6.18 Å². The van der Waals surface area contributed by atoms with E-state index in [9.17, 15) is 26.7 Å². The SMILES string of the molecule is CCNC(=O)c1coc(CN(Cc2cccc(C(F)(F)F)c2)Cc2ccc(F)cc2F)n1. The smallest absolute Gasteiger partial charge is 0.416 e. The van der Waals surface area contributed by atoms with Crippen LogP contribution in [0.25, 0.3) is 0 Å². The van der Waals surface area contributed by atoms with Crippen molar-refractivity contribution in [3.63, 3.8) is 0 Å². The highest BCUT2D eigenvalue weighted by Gasteiger charge is 2.30. The van der Waals surface area contributed by atoms with Crippen LogP contribution < -0.4 is 5.32 Å². The van der Waals surface area contributed by atoms with Crippen LogP contribution in [-0.2, 0) is 25.8 Å². The molecule has 0 spiro atoms. The summed E-state index contributed by atoms with van der Waals surface area (Å²) in [5.74, 6) is -1.83. The predicted molar refractivity (Wildman–Crippen MR) is 105 cm³/mol. The molecule has 0 saturated heterocycles. The first-order chi connectivity index (χ1) is 15.2. The van der Waals surface area contributed by atoms with Gasteiger partial charge in [0.05, 0.1) is 12.1 Å². The van der Waals surface area contributed by atoms with Crippen molar-refractivity contribution in [3.05, 3.63) is 88.6 Å². The molecule has 0 radical (unpaired) electrons. The first-order valence-corrected chi connectivity index (χ1v) is 9.70. The second kappa shape index (κ2) is 9.90. The summed E-state index contributed by atoms with van der Waals surface area (Å²) < 4.78 is 72.0. The molecular formula is C22H20F5N3O2. The molecule has 0 atom stereocenters. The Kier molecular flexibility index (Phi) is 7.24. The van der Waals surface area contributed by atoms with E-state index < -0.39 is 29.3 Å². The first kappa shape index (κ1) is 23.4. The van der Waals surface area contributed by atoms with Gasteiger partial charge < -0.3 is 9.73 Å². The van der Waals surface area contributed by atoms with E-state index in [1.165, 1.54) is 24.5 Å². The van der Waals surface area contributed by atoms with E-state index in [0.29, 0.717) is 12.1 Å². The maximum Gasteiger partial charge on any atom is 0.416 e. The van der Waals surface area contributed by atoms with E-state index in [1.807, 2.05) is 0 Å². The molecule has 0 unspecified atom stereocenters. The fourth-order valence-electron chi connectivity index (χ4n) is 3.09. The summed E-state index contributed by atoms with van der Waals surface area (Å²) in [6.45, 7) is 2.06. The van der Waals surface area contributed by atoms with Gasteiger partial charge in [0, 0.05) is 31.3 Å². The van der Waals surface area contributed by atoms with Gasteiger partial charge in [-0.15, -0.1) is 0 Å². The number of halogens is 5. The van der Waals surface area contributed by atoms with Gasteiger partial charge in [0.15, 0.2) is 5.69 Å². The second-order valence-corrected chi connectivity index (χ2v) is 7.06. The Balaban J connectivity index is 1.85. The molecule has 1 amide bonds. The number of benzene rings is 2. The molecule has 3 rings (SSSR count). The van der Waals surface area contributed by atoms with Gasteiger partial charge in [0.25, 0.3) is 5.91 Å². The number of hydrogen-bond donors (Lipinski definition) is 1. The lowest BCUT2D eigenvalue weighted by Gasteiger charge is -2.22. The number of rotatable bonds is 8. The van der Waals surface area contributed by atoms with E-state index in [0.717, 1.165) is 24.3 Å². The summed E-state index contributed by atoms with van der Waals surface area (Å²) in [6.07, 6.45) is -3.34. The average Bonchev–Trinajstić information content (AvgIpc) is 3.18. The number of amides is 1. The zero-order chi connectivity index (χ0) is 23.3. The first-order valence-electron chi connectivity index (χ1n) is 9.70. The Bertz CT molecular complexity index is 1080. The van der Waals surface area contributed by atoms with Crippen molar-refractivity contribution in [1.29, 1.82) is 0 Å². The number of aromatic nitrogens is 1. The zero-order valence-electron chi connectivity index (χ0n) is 17.0. The molecule has 2 aromatic carbocycles. The van der Waals surface area contributed by atoms with Gasteiger partial charge in [-0.1, -0.05) is 24.3 Å². The van der Waals surface area contributed by atoms with E-state index in [-0.39, 0.29) is 36.8 Å². The quantitative estimate of drug-likeness (QED) is 0.492. The minimum Gasteiger partial charge on any atom is -0.447 e. The number of alkyl halides is 3. The number of nitrogens with zero attached hydrogens (tertiary/aromatic N) is 2. The van der Waals surface area contributed by atoms with Crippen LogP contribution in [0.5, 0.6) is 0 Å². The minimum absolute atomic E-state index is 0.000391. The molecule has 0 aliphatic carbocycles. The van der Waals surface area contributed by atoms with E-state index in [2.05, 4.69) is 10.3 Å². The van der Waals surface area contributed by atoms with Crippen LogP contribution in [0.1, 0.15) is 40.0 Å². The number of oxazole rings is 1. The Morgan fingerprint density at radius 3 is 2.56 bits per heavy atom. The Hall–Kier alpha value is -3.27. The van der Waals surface area contributed by atoms with Gasteiger partial charge in [-0.2, -0.15) is 13.2 Å². The van der Waals surface area contributed by atoms with Gasteiger partial charge in [-0.25, -0.2) is 13.8 Å². The average molecular weight is 453 g/mol. The van der Waals surface area contributed by atoms with E-state index in [1.54, 1.807) is 11.8 Å². The third kappa shape index (κ3) is 6.13. The van der Waals surface area contributed by atoms with Crippen LogP contribution in [0.15, 0.2) is 53.1 Å². The summed E-state index contributed by atoms with van der Waals surface area (Å²) in [5.41, 5.74) is -0.280. The zero-order valence-corrected chi connectivity index (χ0v) is 17.0. The van der Waals surface area contributed by atoms with Crippen LogP contribution in [0.4, 0.5) is 22.0 Å². The fourth-order valence-corrected chi connectivity index (χ4v) is 3.09.